The van der Waals surface area contributed by atoms with Crippen LogP contribution in [0.4, 0.5) is 0 Å². The van der Waals surface area contributed by atoms with Crippen LogP contribution in [0.2, 0.25) is 0 Å². The molecule has 2 bridgehead atoms. The van der Waals surface area contributed by atoms with Crippen LogP contribution in [-0.2, 0) is 0 Å². The second kappa shape index (κ2) is 13.5. The van der Waals surface area contributed by atoms with Gasteiger partial charge >= 0.3 is 0 Å². The maximum atomic E-state index is 6.24. The minimum atomic E-state index is 0.550. The van der Waals surface area contributed by atoms with Crippen LogP contribution in [0.5, 0.6) is 0 Å². The van der Waals surface area contributed by atoms with Gasteiger partial charge in [-0.15, -0.1) is 0 Å². The Morgan fingerprint density at radius 1 is 0.411 bits per heavy atom. The molecular weight excluding hydrogens is 689 g/mol. The van der Waals surface area contributed by atoms with E-state index in [0.29, 0.717) is 40.9 Å². The Morgan fingerprint density at radius 3 is 1.54 bits per heavy atom. The highest BCUT2D eigenvalue weighted by Crippen LogP contribution is 2.53. The maximum absolute atomic E-state index is 6.24. The zero-order valence-corrected chi connectivity index (χ0v) is 30.6. The Bertz CT molecular complexity index is 2890. The predicted octanol–water partition coefficient (Wildman–Crippen LogP) is 11.9. The van der Waals surface area contributed by atoms with Crippen molar-refractivity contribution in [3.8, 4) is 68.3 Å². The number of hydrogen-bond acceptors (Lipinski definition) is 7. The molecule has 3 aromatic heterocycles. The highest BCUT2D eigenvalue weighted by Gasteiger charge is 2.40. The van der Waals surface area contributed by atoms with Crippen molar-refractivity contribution in [1.29, 1.82) is 0 Å². The van der Waals surface area contributed by atoms with Gasteiger partial charge < -0.3 is 4.42 Å². The minimum absolute atomic E-state index is 0.550. The summed E-state index contributed by atoms with van der Waals surface area (Å²) in [6, 6.07) is 51.4. The van der Waals surface area contributed by atoms with Crippen LogP contribution < -0.4 is 0 Å². The van der Waals surface area contributed by atoms with Crippen LogP contribution in [0, 0.1) is 11.8 Å². The van der Waals surface area contributed by atoms with Crippen molar-refractivity contribution in [2.24, 2.45) is 11.8 Å². The number of para-hydroxylation sites is 1. The lowest BCUT2D eigenvalue weighted by atomic mass is 9.83. The van der Waals surface area contributed by atoms with E-state index in [-0.39, 0.29) is 0 Å². The summed E-state index contributed by atoms with van der Waals surface area (Å²) in [6.07, 6.45) is 5.47. The Labute approximate surface area is 324 Å². The molecule has 0 saturated heterocycles. The van der Waals surface area contributed by atoms with Gasteiger partial charge in [-0.2, -0.15) is 0 Å². The summed E-state index contributed by atoms with van der Waals surface area (Å²) >= 11 is 0. The SMILES string of the molecule is c1ccc(-c2nc(-c3ccc(C4CC5CCC4C5)cc3)nc(-c3cccc(-c4nc(-c5ccccc5)nc(-c5cccc6oc7ccccc7c56)n4)c3)n2)cc1. The summed E-state index contributed by atoms with van der Waals surface area (Å²) < 4.78 is 6.24. The first-order valence-corrected chi connectivity index (χ1v) is 19.4. The van der Waals surface area contributed by atoms with Gasteiger partial charge in [-0.25, -0.2) is 29.9 Å². The molecule has 7 nitrogen and oxygen atoms in total. The zero-order valence-electron chi connectivity index (χ0n) is 30.6. The van der Waals surface area contributed by atoms with E-state index < -0.39 is 0 Å². The van der Waals surface area contributed by atoms with Gasteiger partial charge in [0.25, 0.3) is 0 Å². The molecule has 0 spiro atoms. The number of benzene rings is 6. The molecule has 2 aliphatic rings. The summed E-state index contributed by atoms with van der Waals surface area (Å²) in [6.45, 7) is 0. The number of hydrogen-bond donors (Lipinski definition) is 0. The number of nitrogens with zero attached hydrogens (tertiary/aromatic N) is 6. The molecule has 268 valence electrons. The summed E-state index contributed by atoms with van der Waals surface area (Å²) in [5.74, 6) is 5.97. The van der Waals surface area contributed by atoms with E-state index in [0.717, 1.165) is 67.2 Å². The van der Waals surface area contributed by atoms with Crippen LogP contribution >= 0.6 is 0 Å². The average molecular weight is 725 g/mol. The standard InChI is InChI=1S/C49H36N6O/c1-3-11-32(12-4-1)44-50-46(34-25-23-31(24-26-34)40-28-30-21-22-35(40)27-30)53-47(51-44)36-15-9-16-37(29-36)48-52-45(33-13-5-2-6-14-33)54-49(55-48)39-18-10-20-42-43(39)38-17-7-8-19-41(38)56-42/h1-20,23-26,29-30,35,40H,21-22,27-28H2. The third-order valence-electron chi connectivity index (χ3n) is 11.7. The molecular formula is C49H36N6O. The molecule has 3 unspecified atom stereocenters. The highest BCUT2D eigenvalue weighted by molar-refractivity contribution is 6.11. The molecule has 0 aliphatic heterocycles. The first-order chi connectivity index (χ1) is 27.7. The first kappa shape index (κ1) is 32.6. The summed E-state index contributed by atoms with van der Waals surface area (Å²) in [7, 11) is 0. The molecule has 9 aromatic rings. The lowest BCUT2D eigenvalue weighted by Crippen LogP contribution is -2.08. The molecule has 2 aliphatic carbocycles. The third-order valence-corrected chi connectivity index (χ3v) is 11.7. The lowest BCUT2D eigenvalue weighted by Gasteiger charge is -2.22. The predicted molar refractivity (Wildman–Crippen MR) is 221 cm³/mol. The minimum Gasteiger partial charge on any atom is -0.456 e. The largest absolute Gasteiger partial charge is 0.456 e. The number of rotatable bonds is 7. The summed E-state index contributed by atoms with van der Waals surface area (Å²) in [5.41, 5.74) is 8.41. The molecule has 6 aromatic carbocycles. The van der Waals surface area contributed by atoms with Crippen LogP contribution in [0.15, 0.2) is 156 Å². The topological polar surface area (TPSA) is 90.5 Å². The van der Waals surface area contributed by atoms with Crippen molar-refractivity contribution in [1.82, 2.24) is 29.9 Å². The fourth-order valence-corrected chi connectivity index (χ4v) is 8.98. The smallest absolute Gasteiger partial charge is 0.164 e. The van der Waals surface area contributed by atoms with Crippen LogP contribution in [0.3, 0.4) is 0 Å². The average Bonchev–Trinajstić information content (AvgIpc) is 4.02. The number of furan rings is 1. The van der Waals surface area contributed by atoms with Crippen molar-refractivity contribution in [3.05, 3.63) is 157 Å². The lowest BCUT2D eigenvalue weighted by molar-refractivity contribution is 0.420. The number of fused-ring (bicyclic) bond motifs is 5. The van der Waals surface area contributed by atoms with Crippen molar-refractivity contribution >= 4 is 21.9 Å². The second-order valence-corrected chi connectivity index (χ2v) is 15.1. The molecule has 11 rings (SSSR count). The molecule has 56 heavy (non-hydrogen) atoms. The fourth-order valence-electron chi connectivity index (χ4n) is 8.98. The van der Waals surface area contributed by atoms with Gasteiger partial charge in [0.2, 0.25) is 0 Å². The van der Waals surface area contributed by atoms with Gasteiger partial charge in [0.05, 0.1) is 0 Å². The van der Waals surface area contributed by atoms with Gasteiger partial charge in [-0.05, 0) is 60.8 Å². The van der Waals surface area contributed by atoms with E-state index in [4.69, 9.17) is 34.3 Å². The van der Waals surface area contributed by atoms with Crippen molar-refractivity contribution in [3.63, 3.8) is 0 Å². The second-order valence-electron chi connectivity index (χ2n) is 15.1. The van der Waals surface area contributed by atoms with Gasteiger partial charge in [0.1, 0.15) is 11.2 Å². The van der Waals surface area contributed by atoms with Crippen LogP contribution in [0.1, 0.15) is 37.2 Å². The monoisotopic (exact) mass is 724 g/mol. The van der Waals surface area contributed by atoms with E-state index in [2.05, 4.69) is 42.5 Å². The third kappa shape index (κ3) is 5.84. The summed E-state index contributed by atoms with van der Waals surface area (Å²) in [4.78, 5) is 30.4. The molecule has 0 N–H and O–H groups in total. The summed E-state index contributed by atoms with van der Waals surface area (Å²) in [5, 5.41) is 1.99. The van der Waals surface area contributed by atoms with Gasteiger partial charge in [-0.3, -0.25) is 0 Å². The van der Waals surface area contributed by atoms with Crippen LogP contribution in [0.25, 0.3) is 90.3 Å². The van der Waals surface area contributed by atoms with Gasteiger partial charge in [0, 0.05) is 44.2 Å². The van der Waals surface area contributed by atoms with Crippen LogP contribution in [-0.4, -0.2) is 29.9 Å². The molecule has 0 radical (unpaired) electrons. The molecule has 2 fully saturated rings. The Balaban J connectivity index is 1.03. The van der Waals surface area contributed by atoms with Crippen molar-refractivity contribution in [2.45, 2.75) is 31.6 Å². The molecule has 0 amide bonds. The van der Waals surface area contributed by atoms with E-state index in [9.17, 15) is 0 Å². The van der Waals surface area contributed by atoms with E-state index >= 15 is 0 Å². The van der Waals surface area contributed by atoms with Gasteiger partial charge in [-0.1, -0.05) is 140 Å². The highest BCUT2D eigenvalue weighted by atomic mass is 16.3. The molecule has 3 atom stereocenters. The van der Waals surface area contributed by atoms with Crippen molar-refractivity contribution in [2.75, 3.05) is 0 Å². The molecule has 3 heterocycles. The molecule has 7 heteroatoms. The first-order valence-electron chi connectivity index (χ1n) is 19.4. The van der Waals surface area contributed by atoms with Crippen molar-refractivity contribution < 1.29 is 4.42 Å². The van der Waals surface area contributed by atoms with E-state index in [1.165, 1.54) is 31.2 Å². The zero-order chi connectivity index (χ0) is 37.0. The Morgan fingerprint density at radius 2 is 0.929 bits per heavy atom. The fraction of sp³-hybridized carbons (Fsp3) is 0.143. The number of aromatic nitrogens is 6. The normalized spacial score (nSPS) is 17.5. The van der Waals surface area contributed by atoms with Gasteiger partial charge in [0.15, 0.2) is 34.9 Å². The Kier molecular flexibility index (Phi) is 7.83. The van der Waals surface area contributed by atoms with E-state index in [1.54, 1.807) is 0 Å². The molecule has 2 saturated carbocycles. The Hall–Kier alpha value is -6.86. The maximum Gasteiger partial charge on any atom is 0.164 e. The quantitative estimate of drug-likeness (QED) is 0.162. The van der Waals surface area contributed by atoms with E-state index in [1.807, 2.05) is 109 Å².